The Kier molecular flexibility index (Phi) is 11.7. The van der Waals surface area contributed by atoms with E-state index < -0.39 is 0 Å². The van der Waals surface area contributed by atoms with Crippen LogP contribution in [0.4, 0.5) is 4.79 Å². The van der Waals surface area contributed by atoms with Gasteiger partial charge in [-0.1, -0.05) is 6.92 Å². The van der Waals surface area contributed by atoms with Crippen LogP contribution in [0.5, 0.6) is 0 Å². The van der Waals surface area contributed by atoms with E-state index in [0.717, 1.165) is 18.6 Å². The predicted molar refractivity (Wildman–Crippen MR) is 113 cm³/mol. The Hall–Kier alpha value is -1.07. The van der Waals surface area contributed by atoms with Gasteiger partial charge in [-0.3, -0.25) is 4.79 Å². The Bertz CT molecular complexity index is 499. The molecule has 2 fully saturated rings. The van der Waals surface area contributed by atoms with E-state index in [4.69, 9.17) is 19.9 Å². The normalized spacial score (nSPS) is 24.1. The van der Waals surface area contributed by atoms with Crippen LogP contribution in [0, 0.1) is 5.92 Å². The maximum Gasteiger partial charge on any atom is 0.315 e. The van der Waals surface area contributed by atoms with Crippen molar-refractivity contribution in [2.75, 3.05) is 58.5 Å². The van der Waals surface area contributed by atoms with E-state index in [9.17, 15) is 9.59 Å². The van der Waals surface area contributed by atoms with Gasteiger partial charge in [0.2, 0.25) is 5.91 Å². The standard InChI is InChI=1S/C19H36N4O5S/c1-14(18-17-15(13-29-18)22-19(25)23-17)3-2-4-16(24)21-6-8-27-10-12-28-11-9-26-7-5-20/h14-15,17-18H,2-13,20H2,1H3,(H,21,24)(H2,22,23,25)/t14?,15-,17-,18-/m0/s1. The van der Waals surface area contributed by atoms with Crippen molar-refractivity contribution in [3.05, 3.63) is 0 Å². The maximum absolute atomic E-state index is 11.9. The van der Waals surface area contributed by atoms with Gasteiger partial charge in [0, 0.05) is 30.5 Å². The quantitative estimate of drug-likeness (QED) is 0.201. The highest BCUT2D eigenvalue weighted by molar-refractivity contribution is 8.00. The van der Waals surface area contributed by atoms with E-state index in [0.29, 0.717) is 70.3 Å². The molecular formula is C19H36N4O5S. The monoisotopic (exact) mass is 432 g/mol. The second-order valence-electron chi connectivity index (χ2n) is 7.39. The third kappa shape index (κ3) is 9.08. The van der Waals surface area contributed by atoms with E-state index in [1.54, 1.807) is 0 Å². The first kappa shape index (κ1) is 24.2. The summed E-state index contributed by atoms with van der Waals surface area (Å²) in [6.07, 6.45) is 2.35. The van der Waals surface area contributed by atoms with Crippen molar-refractivity contribution in [1.29, 1.82) is 0 Å². The van der Waals surface area contributed by atoms with Crippen molar-refractivity contribution in [3.8, 4) is 0 Å². The van der Waals surface area contributed by atoms with Gasteiger partial charge >= 0.3 is 6.03 Å². The van der Waals surface area contributed by atoms with Gasteiger partial charge in [0.05, 0.1) is 51.7 Å². The number of urea groups is 1. The molecule has 2 saturated heterocycles. The summed E-state index contributed by atoms with van der Waals surface area (Å²) in [6.45, 7) is 6.34. The summed E-state index contributed by atoms with van der Waals surface area (Å²) in [5.41, 5.74) is 5.31. The number of nitrogens with one attached hydrogen (secondary N) is 3. The van der Waals surface area contributed by atoms with Crippen LogP contribution in [0.2, 0.25) is 0 Å². The summed E-state index contributed by atoms with van der Waals surface area (Å²) in [5, 5.41) is 9.30. The van der Waals surface area contributed by atoms with Gasteiger partial charge in [0.15, 0.2) is 0 Å². The van der Waals surface area contributed by atoms with Crippen molar-refractivity contribution in [3.63, 3.8) is 0 Å². The first-order valence-corrected chi connectivity index (χ1v) is 11.5. The lowest BCUT2D eigenvalue weighted by atomic mass is 9.93. The first-order valence-electron chi connectivity index (χ1n) is 10.5. The Morgan fingerprint density at radius 3 is 2.59 bits per heavy atom. The predicted octanol–water partition coefficient (Wildman–Crippen LogP) is 0.0829. The Morgan fingerprint density at radius 1 is 1.17 bits per heavy atom. The fraction of sp³-hybridized carbons (Fsp3) is 0.895. The average Bonchev–Trinajstić information content (AvgIpc) is 3.25. The van der Waals surface area contributed by atoms with Gasteiger partial charge < -0.3 is 35.9 Å². The van der Waals surface area contributed by atoms with Crippen molar-refractivity contribution >= 4 is 23.7 Å². The van der Waals surface area contributed by atoms with E-state index in [-0.39, 0.29) is 24.0 Å². The van der Waals surface area contributed by atoms with Crippen LogP contribution in [-0.4, -0.2) is 87.8 Å². The lowest BCUT2D eigenvalue weighted by Gasteiger charge is -2.23. The van der Waals surface area contributed by atoms with Crippen LogP contribution < -0.4 is 21.7 Å². The fourth-order valence-electron chi connectivity index (χ4n) is 3.57. The number of carbonyl (C=O) groups is 2. The molecule has 3 amide bonds. The van der Waals surface area contributed by atoms with Crippen LogP contribution in [0.1, 0.15) is 26.2 Å². The van der Waals surface area contributed by atoms with E-state index >= 15 is 0 Å². The second kappa shape index (κ2) is 14.0. The van der Waals surface area contributed by atoms with Crippen molar-refractivity contribution in [2.24, 2.45) is 11.7 Å². The number of amides is 3. The molecule has 0 spiro atoms. The van der Waals surface area contributed by atoms with Crippen LogP contribution in [0.3, 0.4) is 0 Å². The first-order chi connectivity index (χ1) is 14.1. The zero-order valence-corrected chi connectivity index (χ0v) is 18.1. The molecule has 0 aliphatic carbocycles. The summed E-state index contributed by atoms with van der Waals surface area (Å²) in [4.78, 5) is 23.4. The van der Waals surface area contributed by atoms with Gasteiger partial charge in [-0.15, -0.1) is 0 Å². The van der Waals surface area contributed by atoms with Gasteiger partial charge in [-0.25, -0.2) is 4.79 Å². The van der Waals surface area contributed by atoms with Crippen LogP contribution in [0.25, 0.3) is 0 Å². The molecule has 0 bridgehead atoms. The summed E-state index contributed by atoms with van der Waals surface area (Å²) < 4.78 is 16.0. The second-order valence-corrected chi connectivity index (χ2v) is 8.60. The minimum Gasteiger partial charge on any atom is -0.378 e. The largest absolute Gasteiger partial charge is 0.378 e. The lowest BCUT2D eigenvalue weighted by Crippen LogP contribution is -2.39. The van der Waals surface area contributed by atoms with Crippen molar-refractivity contribution < 1.29 is 23.8 Å². The molecule has 0 saturated carbocycles. The number of hydrogen-bond acceptors (Lipinski definition) is 7. The van der Waals surface area contributed by atoms with Crippen LogP contribution in [-0.2, 0) is 19.0 Å². The molecule has 9 nitrogen and oxygen atoms in total. The lowest BCUT2D eigenvalue weighted by molar-refractivity contribution is -0.121. The molecule has 0 aromatic rings. The van der Waals surface area contributed by atoms with Gasteiger partial charge in [-0.05, 0) is 18.8 Å². The third-order valence-corrected chi connectivity index (χ3v) is 6.76. The molecule has 0 radical (unpaired) electrons. The minimum atomic E-state index is -0.0535. The number of thioether (sulfide) groups is 1. The Morgan fingerprint density at radius 2 is 1.86 bits per heavy atom. The molecule has 168 valence electrons. The molecule has 5 N–H and O–H groups in total. The zero-order valence-electron chi connectivity index (χ0n) is 17.3. The summed E-state index contributed by atoms with van der Waals surface area (Å²) in [5.74, 6) is 1.49. The molecule has 2 aliphatic heterocycles. The molecule has 4 atom stereocenters. The van der Waals surface area contributed by atoms with E-state index in [1.807, 2.05) is 11.8 Å². The highest BCUT2D eigenvalue weighted by Crippen LogP contribution is 2.36. The highest BCUT2D eigenvalue weighted by atomic mass is 32.2. The number of hydrogen-bond donors (Lipinski definition) is 4. The molecule has 2 rings (SSSR count). The zero-order chi connectivity index (χ0) is 20.9. The Labute approximate surface area is 177 Å². The van der Waals surface area contributed by atoms with Gasteiger partial charge in [0.1, 0.15) is 0 Å². The van der Waals surface area contributed by atoms with Crippen molar-refractivity contribution in [1.82, 2.24) is 16.0 Å². The van der Waals surface area contributed by atoms with Crippen molar-refractivity contribution in [2.45, 2.75) is 43.5 Å². The van der Waals surface area contributed by atoms with Crippen LogP contribution >= 0.6 is 11.8 Å². The van der Waals surface area contributed by atoms with Gasteiger partial charge in [-0.2, -0.15) is 11.8 Å². The van der Waals surface area contributed by atoms with E-state index in [1.165, 1.54) is 0 Å². The topological polar surface area (TPSA) is 124 Å². The van der Waals surface area contributed by atoms with Crippen LogP contribution in [0.15, 0.2) is 0 Å². The number of rotatable bonds is 16. The van der Waals surface area contributed by atoms with E-state index in [2.05, 4.69) is 22.9 Å². The third-order valence-electron chi connectivity index (χ3n) is 5.07. The molecular weight excluding hydrogens is 396 g/mol. The Balaban J connectivity index is 1.40. The molecule has 29 heavy (non-hydrogen) atoms. The number of ether oxygens (including phenoxy) is 3. The summed E-state index contributed by atoms with van der Waals surface area (Å²) in [6, 6.07) is 0.413. The molecule has 0 aromatic heterocycles. The SMILES string of the molecule is CC(CCCC(=O)NCCOCCOCCOCCN)[C@@H]1SC[C@@H]2NC(=O)N[C@@H]21. The van der Waals surface area contributed by atoms with Gasteiger partial charge in [0.25, 0.3) is 0 Å². The summed E-state index contributed by atoms with van der Waals surface area (Å²) >= 11 is 1.92. The molecule has 10 heteroatoms. The summed E-state index contributed by atoms with van der Waals surface area (Å²) in [7, 11) is 0. The fourth-order valence-corrected chi connectivity index (χ4v) is 5.22. The number of fused-ring (bicyclic) bond motifs is 1. The number of nitrogens with two attached hydrogens (primary N) is 1. The smallest absolute Gasteiger partial charge is 0.315 e. The minimum absolute atomic E-state index is 0.0535. The molecule has 2 aliphatic rings. The average molecular weight is 433 g/mol. The highest BCUT2D eigenvalue weighted by Gasteiger charge is 2.44. The number of carbonyl (C=O) groups excluding carboxylic acids is 2. The molecule has 1 unspecified atom stereocenters. The molecule has 0 aromatic carbocycles. The molecule has 2 heterocycles. The maximum atomic E-state index is 11.9.